The van der Waals surface area contributed by atoms with Crippen LogP contribution < -0.4 is 10.2 Å². The van der Waals surface area contributed by atoms with Gasteiger partial charge in [0.2, 0.25) is 0 Å². The fourth-order valence-corrected chi connectivity index (χ4v) is 2.50. The number of nitrogens with one attached hydrogen (secondary N) is 1. The highest BCUT2D eigenvalue weighted by molar-refractivity contribution is 6.33. The van der Waals surface area contributed by atoms with Gasteiger partial charge in [-0.3, -0.25) is 4.79 Å². The van der Waals surface area contributed by atoms with Gasteiger partial charge in [-0.25, -0.2) is 10.2 Å². The Morgan fingerprint density at radius 2 is 1.75 bits per heavy atom. The molecule has 0 saturated heterocycles. The second kappa shape index (κ2) is 8.83. The lowest BCUT2D eigenvalue weighted by Gasteiger charge is -2.06. The summed E-state index contributed by atoms with van der Waals surface area (Å²) < 4.78 is 5.33. The van der Waals surface area contributed by atoms with Crippen molar-refractivity contribution in [1.82, 2.24) is 5.43 Å². The Morgan fingerprint density at radius 1 is 1.00 bits per heavy atom. The van der Waals surface area contributed by atoms with E-state index >= 15 is 0 Å². The molecule has 0 atom stereocenters. The molecule has 0 spiro atoms. The number of hydrogen-bond acceptors (Lipinski definition) is 5. The lowest BCUT2D eigenvalue weighted by atomic mass is 10.2. The number of hydrazone groups is 1. The summed E-state index contributed by atoms with van der Waals surface area (Å²) in [4.78, 5) is 24.2. The molecule has 0 aliphatic heterocycles. The predicted molar refractivity (Wildman–Crippen MR) is 106 cm³/mol. The van der Waals surface area contributed by atoms with Gasteiger partial charge in [0, 0.05) is 5.56 Å². The van der Waals surface area contributed by atoms with Crippen LogP contribution in [0.2, 0.25) is 5.02 Å². The Hall–Kier alpha value is -3.64. The van der Waals surface area contributed by atoms with Gasteiger partial charge in [0.15, 0.2) is 0 Å². The van der Waals surface area contributed by atoms with Gasteiger partial charge in [-0.05, 0) is 54.1 Å². The van der Waals surface area contributed by atoms with Crippen molar-refractivity contribution in [1.29, 1.82) is 0 Å². The van der Waals surface area contributed by atoms with E-state index in [-0.39, 0.29) is 11.3 Å². The van der Waals surface area contributed by atoms with Crippen molar-refractivity contribution in [2.45, 2.75) is 0 Å². The zero-order chi connectivity index (χ0) is 19.9. The molecule has 0 heterocycles. The van der Waals surface area contributed by atoms with Gasteiger partial charge >= 0.3 is 5.97 Å². The molecule has 3 aromatic rings. The zero-order valence-corrected chi connectivity index (χ0v) is 15.3. The van der Waals surface area contributed by atoms with Crippen molar-refractivity contribution in [3.8, 4) is 11.5 Å². The van der Waals surface area contributed by atoms with Gasteiger partial charge in [-0.15, -0.1) is 0 Å². The maximum Gasteiger partial charge on any atom is 0.345 e. The number of phenolic OH excluding ortho intramolecular Hbond substituents is 1. The molecule has 140 valence electrons. The number of rotatable bonds is 5. The van der Waals surface area contributed by atoms with Crippen molar-refractivity contribution < 1.29 is 19.4 Å². The fraction of sp³-hybridized carbons (Fsp3) is 0. The van der Waals surface area contributed by atoms with Crippen LogP contribution in [0, 0.1) is 0 Å². The topological polar surface area (TPSA) is 88.0 Å². The number of carbonyl (C=O) groups is 2. The molecule has 0 aliphatic carbocycles. The predicted octanol–water partition coefficient (Wildman–Crippen LogP) is 4.03. The first kappa shape index (κ1) is 19.1. The first-order valence-electron chi connectivity index (χ1n) is 8.22. The van der Waals surface area contributed by atoms with Gasteiger partial charge < -0.3 is 9.84 Å². The largest absolute Gasteiger partial charge is 0.508 e. The molecule has 0 fully saturated rings. The van der Waals surface area contributed by atoms with Crippen molar-refractivity contribution in [2.24, 2.45) is 5.10 Å². The van der Waals surface area contributed by atoms with Crippen LogP contribution in [-0.2, 0) is 0 Å². The lowest BCUT2D eigenvalue weighted by Crippen LogP contribution is -2.17. The monoisotopic (exact) mass is 394 g/mol. The van der Waals surface area contributed by atoms with E-state index in [0.717, 1.165) is 0 Å². The van der Waals surface area contributed by atoms with E-state index in [1.54, 1.807) is 48.5 Å². The van der Waals surface area contributed by atoms with Gasteiger partial charge in [0.25, 0.3) is 5.91 Å². The van der Waals surface area contributed by atoms with Crippen molar-refractivity contribution in [3.63, 3.8) is 0 Å². The minimum absolute atomic E-state index is 0.0724. The number of nitrogens with zero attached hydrogens (tertiary/aromatic N) is 1. The number of ether oxygens (including phenoxy) is 1. The molecule has 3 aromatic carbocycles. The maximum absolute atomic E-state index is 12.2. The minimum Gasteiger partial charge on any atom is -0.508 e. The summed E-state index contributed by atoms with van der Waals surface area (Å²) >= 11 is 6.00. The second-order valence-electron chi connectivity index (χ2n) is 5.69. The molecule has 7 heteroatoms. The average molecular weight is 395 g/mol. The molecule has 6 nitrogen and oxygen atoms in total. The molecule has 0 saturated carbocycles. The number of aromatic hydroxyl groups is 1. The Bertz CT molecular complexity index is 1030. The summed E-state index contributed by atoms with van der Waals surface area (Å²) in [7, 11) is 0. The van der Waals surface area contributed by atoms with Gasteiger partial charge in [-0.1, -0.05) is 35.9 Å². The minimum atomic E-state index is -0.569. The highest BCUT2D eigenvalue weighted by Gasteiger charge is 2.12. The van der Waals surface area contributed by atoms with E-state index in [0.29, 0.717) is 21.9 Å². The summed E-state index contributed by atoms with van der Waals surface area (Å²) in [5, 5.41) is 13.4. The van der Waals surface area contributed by atoms with Crippen LogP contribution in [0.1, 0.15) is 26.3 Å². The van der Waals surface area contributed by atoms with E-state index in [9.17, 15) is 14.7 Å². The quantitative estimate of drug-likeness (QED) is 0.296. The van der Waals surface area contributed by atoms with E-state index in [1.165, 1.54) is 30.5 Å². The number of amides is 1. The molecule has 0 bridgehead atoms. The number of benzene rings is 3. The molecule has 28 heavy (non-hydrogen) atoms. The molecule has 3 rings (SSSR count). The third-order valence-corrected chi connectivity index (χ3v) is 4.00. The van der Waals surface area contributed by atoms with Gasteiger partial charge in [0.05, 0.1) is 16.8 Å². The first-order valence-corrected chi connectivity index (χ1v) is 8.60. The summed E-state index contributed by atoms with van der Waals surface area (Å²) in [6, 6.07) is 19.1. The fourth-order valence-electron chi connectivity index (χ4n) is 2.29. The number of hydrogen-bond donors (Lipinski definition) is 2. The van der Waals surface area contributed by atoms with Crippen LogP contribution in [0.4, 0.5) is 0 Å². The summed E-state index contributed by atoms with van der Waals surface area (Å²) in [5.74, 6) is -0.597. The lowest BCUT2D eigenvalue weighted by molar-refractivity contribution is 0.0734. The average Bonchev–Trinajstić information content (AvgIpc) is 2.69. The van der Waals surface area contributed by atoms with Gasteiger partial charge in [0.1, 0.15) is 11.5 Å². The summed E-state index contributed by atoms with van der Waals surface area (Å²) in [6.45, 7) is 0. The standard InChI is InChI=1S/C21H15ClN2O4/c22-19-7-2-1-6-18(19)21(27)28-17-5-3-4-14(12-17)13-23-24-20(26)15-8-10-16(25)11-9-15/h1-13,25H,(H,24,26)/b23-13+. The zero-order valence-electron chi connectivity index (χ0n) is 14.5. The van der Waals surface area contributed by atoms with Gasteiger partial charge in [-0.2, -0.15) is 5.10 Å². The number of halogens is 1. The van der Waals surface area contributed by atoms with Crippen LogP contribution in [0.15, 0.2) is 77.9 Å². The third-order valence-electron chi connectivity index (χ3n) is 3.67. The molecule has 2 N–H and O–H groups in total. The van der Waals surface area contributed by atoms with E-state index in [1.807, 2.05) is 0 Å². The Labute approximate surface area is 166 Å². The SMILES string of the molecule is O=C(N/N=C/c1cccc(OC(=O)c2ccccc2Cl)c1)c1ccc(O)cc1. The van der Waals surface area contributed by atoms with Crippen molar-refractivity contribution in [3.05, 3.63) is 94.5 Å². The smallest absolute Gasteiger partial charge is 0.345 e. The third kappa shape index (κ3) is 4.96. The van der Waals surface area contributed by atoms with Crippen LogP contribution in [0.5, 0.6) is 11.5 Å². The van der Waals surface area contributed by atoms with Crippen LogP contribution in [0.3, 0.4) is 0 Å². The van der Waals surface area contributed by atoms with Crippen LogP contribution in [-0.4, -0.2) is 23.2 Å². The number of carbonyl (C=O) groups excluding carboxylic acids is 2. The molecule has 0 aromatic heterocycles. The number of phenols is 1. The Balaban J connectivity index is 1.63. The molecule has 0 radical (unpaired) electrons. The molecular formula is C21H15ClN2O4. The van der Waals surface area contributed by atoms with E-state index < -0.39 is 11.9 Å². The summed E-state index contributed by atoms with van der Waals surface area (Å²) in [6.07, 6.45) is 1.42. The first-order chi connectivity index (χ1) is 13.5. The van der Waals surface area contributed by atoms with Crippen LogP contribution in [0.25, 0.3) is 0 Å². The van der Waals surface area contributed by atoms with E-state index in [2.05, 4.69) is 10.5 Å². The second-order valence-corrected chi connectivity index (χ2v) is 6.10. The molecule has 0 aliphatic rings. The Kier molecular flexibility index (Phi) is 6.04. The normalized spacial score (nSPS) is 10.6. The highest BCUT2D eigenvalue weighted by Crippen LogP contribution is 2.19. The molecular weight excluding hydrogens is 380 g/mol. The maximum atomic E-state index is 12.2. The Morgan fingerprint density at radius 3 is 2.50 bits per heavy atom. The van der Waals surface area contributed by atoms with Crippen LogP contribution >= 0.6 is 11.6 Å². The number of esters is 1. The molecule has 0 unspecified atom stereocenters. The van der Waals surface area contributed by atoms with Crippen molar-refractivity contribution >= 4 is 29.7 Å². The van der Waals surface area contributed by atoms with Crippen molar-refractivity contribution in [2.75, 3.05) is 0 Å². The molecule has 1 amide bonds. The highest BCUT2D eigenvalue weighted by atomic mass is 35.5. The van der Waals surface area contributed by atoms with E-state index in [4.69, 9.17) is 16.3 Å². The summed E-state index contributed by atoms with van der Waals surface area (Å²) in [5.41, 5.74) is 3.63.